The van der Waals surface area contributed by atoms with Gasteiger partial charge in [-0.25, -0.2) is 9.78 Å². The molecule has 1 atom stereocenters. The van der Waals surface area contributed by atoms with Gasteiger partial charge in [-0.15, -0.1) is 10.2 Å². The molecule has 4 aromatic rings. The van der Waals surface area contributed by atoms with Crippen molar-refractivity contribution in [2.24, 2.45) is 0 Å². The molecule has 1 N–H and O–H groups in total. The third-order valence-corrected chi connectivity index (χ3v) is 6.62. The standard InChI is InChI=1S/C27H31N5O4/c1-2-3-18-35-26(33)31-15-7-13-27(34,14-17-31)19-36-22-9-6-8-20-11-12-21(28-24(20)22)25-30-29-23-10-4-5-16-32(23)25/h4-6,8-12,16,34H,2-3,7,13-15,17-19H2,1H3. The van der Waals surface area contributed by atoms with Crippen molar-refractivity contribution in [1.29, 1.82) is 0 Å². The third kappa shape index (κ3) is 5.11. The minimum Gasteiger partial charge on any atom is -0.488 e. The number of benzene rings is 1. The molecule has 3 aromatic heterocycles. The van der Waals surface area contributed by atoms with E-state index in [2.05, 4.69) is 17.1 Å². The van der Waals surface area contributed by atoms with E-state index in [0.717, 1.165) is 23.9 Å². The highest BCUT2D eigenvalue weighted by Gasteiger charge is 2.33. The summed E-state index contributed by atoms with van der Waals surface area (Å²) in [5.41, 5.74) is 1.09. The number of rotatable bonds is 7. The van der Waals surface area contributed by atoms with Crippen LogP contribution in [0, 0.1) is 0 Å². The molecule has 0 bridgehead atoms. The Morgan fingerprint density at radius 3 is 2.89 bits per heavy atom. The molecule has 1 saturated heterocycles. The fourth-order valence-electron chi connectivity index (χ4n) is 4.49. The number of nitrogens with zero attached hydrogens (tertiary/aromatic N) is 5. The van der Waals surface area contributed by atoms with Gasteiger partial charge in [-0.05, 0) is 49.9 Å². The number of hydrogen-bond donors (Lipinski definition) is 1. The topological polar surface area (TPSA) is 102 Å². The fourth-order valence-corrected chi connectivity index (χ4v) is 4.49. The maximum atomic E-state index is 12.3. The van der Waals surface area contributed by atoms with Crippen LogP contribution in [0.3, 0.4) is 0 Å². The second-order valence-electron chi connectivity index (χ2n) is 9.30. The first-order chi connectivity index (χ1) is 17.6. The van der Waals surface area contributed by atoms with E-state index in [1.807, 2.05) is 59.1 Å². The van der Waals surface area contributed by atoms with Gasteiger partial charge in [0, 0.05) is 24.7 Å². The van der Waals surface area contributed by atoms with Crippen molar-refractivity contribution in [2.45, 2.75) is 44.6 Å². The Morgan fingerprint density at radius 2 is 2.00 bits per heavy atom. The van der Waals surface area contributed by atoms with Crippen LogP contribution in [-0.4, -0.2) is 67.6 Å². The molecule has 0 aliphatic carbocycles. The summed E-state index contributed by atoms with van der Waals surface area (Å²) in [4.78, 5) is 18.9. The van der Waals surface area contributed by atoms with Crippen molar-refractivity contribution in [1.82, 2.24) is 24.5 Å². The van der Waals surface area contributed by atoms with Crippen molar-refractivity contribution in [3.05, 3.63) is 54.7 Å². The zero-order chi connectivity index (χ0) is 25.0. The van der Waals surface area contributed by atoms with Crippen LogP contribution >= 0.6 is 0 Å². The minimum absolute atomic E-state index is 0.116. The van der Waals surface area contributed by atoms with E-state index in [0.29, 0.717) is 61.7 Å². The Hall–Kier alpha value is -3.72. The van der Waals surface area contributed by atoms with E-state index in [9.17, 15) is 9.90 Å². The van der Waals surface area contributed by atoms with E-state index in [1.165, 1.54) is 0 Å². The lowest BCUT2D eigenvalue weighted by atomic mass is 9.96. The average Bonchev–Trinajstić information content (AvgIpc) is 3.23. The number of aromatic nitrogens is 4. The van der Waals surface area contributed by atoms with Gasteiger partial charge < -0.3 is 19.5 Å². The van der Waals surface area contributed by atoms with Crippen LogP contribution in [0.4, 0.5) is 4.79 Å². The monoisotopic (exact) mass is 489 g/mol. The Bertz CT molecular complexity index is 1360. The van der Waals surface area contributed by atoms with E-state index in [1.54, 1.807) is 4.90 Å². The lowest BCUT2D eigenvalue weighted by molar-refractivity contribution is -0.0162. The molecule has 188 valence electrons. The number of para-hydroxylation sites is 1. The van der Waals surface area contributed by atoms with E-state index in [-0.39, 0.29) is 12.7 Å². The number of ether oxygens (including phenoxy) is 2. The van der Waals surface area contributed by atoms with Crippen LogP contribution in [0.2, 0.25) is 0 Å². The predicted molar refractivity (Wildman–Crippen MR) is 136 cm³/mol. The lowest BCUT2D eigenvalue weighted by Gasteiger charge is -2.27. The molecule has 0 radical (unpaired) electrons. The van der Waals surface area contributed by atoms with Gasteiger partial charge in [-0.2, -0.15) is 0 Å². The number of fused-ring (bicyclic) bond motifs is 2. The highest BCUT2D eigenvalue weighted by Crippen LogP contribution is 2.30. The Kier molecular flexibility index (Phi) is 6.99. The molecule has 9 nitrogen and oxygen atoms in total. The molecule has 1 aliphatic rings. The number of hydrogen-bond acceptors (Lipinski definition) is 7. The molecule has 1 fully saturated rings. The normalized spacial score (nSPS) is 18.3. The molecule has 1 aromatic carbocycles. The average molecular weight is 490 g/mol. The van der Waals surface area contributed by atoms with Gasteiger partial charge in [0.1, 0.15) is 29.2 Å². The van der Waals surface area contributed by atoms with Gasteiger partial charge in [0.15, 0.2) is 11.5 Å². The largest absolute Gasteiger partial charge is 0.488 e. The number of carbonyl (C=O) groups excluding carboxylic acids is 1. The van der Waals surface area contributed by atoms with Gasteiger partial charge in [0.05, 0.1) is 6.61 Å². The Morgan fingerprint density at radius 1 is 1.08 bits per heavy atom. The Balaban J connectivity index is 1.31. The van der Waals surface area contributed by atoms with Crippen molar-refractivity contribution >= 4 is 22.6 Å². The maximum Gasteiger partial charge on any atom is 0.409 e. The van der Waals surface area contributed by atoms with Crippen molar-refractivity contribution < 1.29 is 19.4 Å². The summed E-state index contributed by atoms with van der Waals surface area (Å²) < 4.78 is 13.4. The molecule has 36 heavy (non-hydrogen) atoms. The van der Waals surface area contributed by atoms with E-state index in [4.69, 9.17) is 14.5 Å². The highest BCUT2D eigenvalue weighted by molar-refractivity contribution is 5.86. The number of likely N-dealkylation sites (tertiary alicyclic amines) is 1. The van der Waals surface area contributed by atoms with E-state index >= 15 is 0 Å². The number of carbonyl (C=O) groups is 1. The number of unbranched alkanes of at least 4 members (excludes halogenated alkanes) is 1. The summed E-state index contributed by atoms with van der Waals surface area (Å²) >= 11 is 0. The first-order valence-corrected chi connectivity index (χ1v) is 12.5. The first kappa shape index (κ1) is 24.0. The van der Waals surface area contributed by atoms with Crippen molar-refractivity contribution in [2.75, 3.05) is 26.3 Å². The third-order valence-electron chi connectivity index (χ3n) is 6.62. The molecular weight excluding hydrogens is 458 g/mol. The predicted octanol–water partition coefficient (Wildman–Crippen LogP) is 4.48. The van der Waals surface area contributed by atoms with Crippen LogP contribution < -0.4 is 4.74 Å². The van der Waals surface area contributed by atoms with E-state index < -0.39 is 5.60 Å². The first-order valence-electron chi connectivity index (χ1n) is 12.5. The van der Waals surface area contributed by atoms with Crippen LogP contribution in [0.25, 0.3) is 28.1 Å². The quantitative estimate of drug-likeness (QED) is 0.382. The summed E-state index contributed by atoms with van der Waals surface area (Å²) in [5.74, 6) is 1.24. The molecule has 0 saturated carbocycles. The van der Waals surface area contributed by atoms with Crippen LogP contribution in [0.15, 0.2) is 54.7 Å². The maximum absolute atomic E-state index is 12.3. The number of amides is 1. The van der Waals surface area contributed by atoms with Gasteiger partial charge >= 0.3 is 6.09 Å². The summed E-state index contributed by atoms with van der Waals surface area (Å²) in [7, 11) is 0. The van der Waals surface area contributed by atoms with Gasteiger partial charge in [-0.3, -0.25) is 4.40 Å². The van der Waals surface area contributed by atoms with Crippen LogP contribution in [0.1, 0.15) is 39.0 Å². The smallest absolute Gasteiger partial charge is 0.409 e. The molecule has 0 spiro atoms. The molecule has 1 unspecified atom stereocenters. The number of aliphatic hydroxyl groups is 1. The molecule has 1 amide bonds. The van der Waals surface area contributed by atoms with Crippen molar-refractivity contribution in [3.63, 3.8) is 0 Å². The summed E-state index contributed by atoms with van der Waals surface area (Å²) in [5, 5.41) is 20.7. The lowest BCUT2D eigenvalue weighted by Crippen LogP contribution is -2.38. The Labute approximate surface area is 209 Å². The minimum atomic E-state index is -1.04. The molecular formula is C27H31N5O4. The zero-order valence-electron chi connectivity index (χ0n) is 20.5. The fraction of sp³-hybridized carbons (Fsp3) is 0.407. The molecule has 9 heteroatoms. The number of pyridine rings is 2. The summed E-state index contributed by atoms with van der Waals surface area (Å²) in [6, 6.07) is 15.4. The van der Waals surface area contributed by atoms with Gasteiger partial charge in [0.2, 0.25) is 0 Å². The molecule has 1 aliphatic heterocycles. The van der Waals surface area contributed by atoms with Crippen LogP contribution in [-0.2, 0) is 4.74 Å². The van der Waals surface area contributed by atoms with Crippen LogP contribution in [0.5, 0.6) is 5.75 Å². The SMILES string of the molecule is CCCCOC(=O)N1CCCC(O)(COc2cccc3ccc(-c4nnc5ccccn45)nc23)CC1. The molecule has 4 heterocycles. The second-order valence-corrected chi connectivity index (χ2v) is 9.30. The van der Waals surface area contributed by atoms with Crippen molar-refractivity contribution in [3.8, 4) is 17.3 Å². The van der Waals surface area contributed by atoms with Gasteiger partial charge in [-0.1, -0.05) is 37.6 Å². The summed E-state index contributed by atoms with van der Waals surface area (Å²) in [6.07, 6.45) is 5.08. The highest BCUT2D eigenvalue weighted by atomic mass is 16.6. The summed E-state index contributed by atoms with van der Waals surface area (Å²) in [6.45, 7) is 3.61. The zero-order valence-corrected chi connectivity index (χ0v) is 20.5. The molecule has 5 rings (SSSR count). The van der Waals surface area contributed by atoms with Gasteiger partial charge in [0.25, 0.3) is 0 Å². The second kappa shape index (κ2) is 10.5.